The van der Waals surface area contributed by atoms with Gasteiger partial charge >= 0.3 is 0 Å². The van der Waals surface area contributed by atoms with E-state index in [9.17, 15) is 4.79 Å². The number of ether oxygens (including phenoxy) is 4. The van der Waals surface area contributed by atoms with Crippen LogP contribution in [-0.4, -0.2) is 82.8 Å². The van der Waals surface area contributed by atoms with Crippen molar-refractivity contribution in [3.05, 3.63) is 144 Å². The third-order valence-electron chi connectivity index (χ3n) is 13.2. The largest absolute Gasteiger partial charge is 0.497 e. The molecule has 1 aliphatic rings. The predicted molar refractivity (Wildman–Crippen MR) is 318 cm³/mol. The highest BCUT2D eigenvalue weighted by Gasteiger charge is 2.40. The van der Waals surface area contributed by atoms with E-state index in [0.29, 0.717) is 60.9 Å². The number of nitrogens with zero attached hydrogens (tertiary/aromatic N) is 5. The molecule has 424 valence electrons. The maximum Gasteiger partial charge on any atom is 0.256 e. The lowest BCUT2D eigenvalue weighted by Gasteiger charge is -2.37. The van der Waals surface area contributed by atoms with Gasteiger partial charge in [0, 0.05) is 33.7 Å². The van der Waals surface area contributed by atoms with Gasteiger partial charge in [-0.2, -0.15) is 5.26 Å². The highest BCUT2D eigenvalue weighted by molar-refractivity contribution is 7.09. The SMILES string of the molecule is CC(C)NC(C)C.CCCCCCCCCCCCCCCCO.COc1ccc(C(OCC2CCC(n3cnc4c(NC(=O)c5ccccc5)ncnc43)O2)(c2ccccc2)c2ccc(OC)cc2)cc1.N#CCCOP. The number of methoxy groups -OCH3 is 2. The molecule has 0 bridgehead atoms. The summed E-state index contributed by atoms with van der Waals surface area (Å²) in [4.78, 5) is 26.2. The van der Waals surface area contributed by atoms with Gasteiger partial charge in [0.25, 0.3) is 5.91 Å². The van der Waals surface area contributed by atoms with Crippen LogP contribution in [0.4, 0.5) is 5.82 Å². The molecule has 0 saturated carbocycles. The summed E-state index contributed by atoms with van der Waals surface area (Å²) in [6.07, 6.45) is 23.8. The zero-order chi connectivity index (χ0) is 56.2. The van der Waals surface area contributed by atoms with E-state index in [2.05, 4.69) is 86.3 Å². The Labute approximate surface area is 468 Å². The lowest BCUT2D eigenvalue weighted by molar-refractivity contribution is -0.0756. The average Bonchev–Trinajstić information content (AvgIpc) is 4.16. The van der Waals surface area contributed by atoms with Crippen LogP contribution in [-0.2, 0) is 19.6 Å². The first kappa shape index (κ1) is 64.7. The summed E-state index contributed by atoms with van der Waals surface area (Å²) >= 11 is 0. The minimum atomic E-state index is -0.942. The number of benzene rings is 4. The molecule has 78 heavy (non-hydrogen) atoms. The number of amides is 1. The molecule has 1 amide bonds. The molecule has 1 fully saturated rings. The van der Waals surface area contributed by atoms with Gasteiger partial charge in [-0.15, -0.1) is 0 Å². The van der Waals surface area contributed by atoms with Gasteiger partial charge in [0.1, 0.15) is 29.7 Å². The van der Waals surface area contributed by atoms with Gasteiger partial charge in [-0.3, -0.25) is 9.36 Å². The molecule has 7 rings (SSSR count). The molecule has 6 aromatic rings. The average molecular weight is 1090 g/mol. The number of anilines is 1. The number of nitrogens with one attached hydrogen (secondary N) is 2. The number of aromatic nitrogens is 4. The van der Waals surface area contributed by atoms with E-state index < -0.39 is 5.60 Å². The van der Waals surface area contributed by atoms with Gasteiger partial charge in [-0.05, 0) is 72.4 Å². The Balaban J connectivity index is 0.000000359. The van der Waals surface area contributed by atoms with E-state index in [-0.39, 0.29) is 18.2 Å². The Kier molecular flexibility index (Phi) is 31.5. The molecule has 0 radical (unpaired) electrons. The highest BCUT2D eigenvalue weighted by atomic mass is 31.0. The summed E-state index contributed by atoms with van der Waals surface area (Å²) in [6, 6.07) is 38.3. The van der Waals surface area contributed by atoms with Crippen LogP contribution in [0.3, 0.4) is 0 Å². The number of rotatable bonds is 29. The van der Waals surface area contributed by atoms with Crippen LogP contribution in [0.5, 0.6) is 11.5 Å². The predicted octanol–water partition coefficient (Wildman–Crippen LogP) is 14.3. The first-order valence-electron chi connectivity index (χ1n) is 28.3. The van der Waals surface area contributed by atoms with E-state index in [1.54, 1.807) is 32.7 Å². The van der Waals surface area contributed by atoms with E-state index in [1.165, 1.54) is 89.8 Å². The van der Waals surface area contributed by atoms with Gasteiger partial charge in [0.15, 0.2) is 17.0 Å². The van der Waals surface area contributed by atoms with Crippen molar-refractivity contribution in [2.24, 2.45) is 0 Å². The topological polar surface area (TPSA) is 175 Å². The van der Waals surface area contributed by atoms with Crippen LogP contribution < -0.4 is 20.1 Å². The minimum absolute atomic E-state index is 0.203. The van der Waals surface area contributed by atoms with E-state index in [1.807, 2.05) is 95.6 Å². The monoisotopic (exact) mass is 1090 g/mol. The Morgan fingerprint density at radius 1 is 0.731 bits per heavy atom. The van der Waals surface area contributed by atoms with Gasteiger partial charge in [0.2, 0.25) is 0 Å². The normalized spacial score (nSPS) is 13.9. The fourth-order valence-electron chi connectivity index (χ4n) is 9.31. The van der Waals surface area contributed by atoms with Crippen LogP contribution in [0.2, 0.25) is 0 Å². The van der Waals surface area contributed by atoms with E-state index in [4.69, 9.17) is 29.3 Å². The van der Waals surface area contributed by atoms with Crippen molar-refractivity contribution < 1.29 is 33.4 Å². The van der Waals surface area contributed by atoms with Crippen molar-refractivity contribution in [1.82, 2.24) is 24.8 Å². The van der Waals surface area contributed by atoms with E-state index >= 15 is 0 Å². The molecule has 2 aromatic heterocycles. The number of aliphatic hydroxyl groups is 1. The summed E-state index contributed by atoms with van der Waals surface area (Å²) in [6.45, 7) is 12.1. The number of aliphatic hydroxyl groups excluding tert-OH is 1. The first-order valence-corrected chi connectivity index (χ1v) is 28.8. The smallest absolute Gasteiger partial charge is 0.256 e. The molecule has 4 aromatic carbocycles. The minimum Gasteiger partial charge on any atom is -0.497 e. The van der Waals surface area contributed by atoms with Crippen LogP contribution >= 0.6 is 9.47 Å². The lowest BCUT2D eigenvalue weighted by Crippen LogP contribution is -2.35. The van der Waals surface area contributed by atoms with Crippen molar-refractivity contribution in [2.45, 2.75) is 174 Å². The van der Waals surface area contributed by atoms with Crippen molar-refractivity contribution in [1.29, 1.82) is 5.26 Å². The summed E-state index contributed by atoms with van der Waals surface area (Å²) in [5.74, 6) is 1.60. The third kappa shape index (κ3) is 22.2. The number of hydrogen-bond donors (Lipinski definition) is 3. The molecular weight excluding hydrogens is 998 g/mol. The Hall–Kier alpha value is -5.78. The fourth-order valence-corrected chi connectivity index (χ4v) is 9.43. The standard InChI is InChI=1S/C38H35N5O5.C16H34O.C6H15N.C3H6NOP/c1-45-30-17-13-28(14-18-30)38(27-11-7-4-8-12-27,29-15-19-31(46-2)20-16-29)47-23-32-21-22-33(48-32)43-25-41-34-35(39-24-40-36(34)43)42-37(44)26-9-5-3-6-10-26;1-2-3-4-5-6-7-8-9-10-11-12-13-14-15-16-17;1-5(2)7-6(3)4;4-2-1-3-5-6/h3-20,24-25,32-33H,21-23H2,1-2H3,(H,39,40,42,44);17H,2-16H2,1H3;5-7H,1-4H3;1,3,6H2. The number of nitriles is 1. The van der Waals surface area contributed by atoms with Gasteiger partial charge in [-0.25, -0.2) is 15.0 Å². The summed E-state index contributed by atoms with van der Waals surface area (Å²) in [7, 11) is 5.39. The van der Waals surface area contributed by atoms with Crippen LogP contribution in [0.25, 0.3) is 11.2 Å². The number of fused-ring (bicyclic) bond motifs is 1. The zero-order valence-electron chi connectivity index (χ0n) is 47.7. The Morgan fingerprint density at radius 3 is 1.71 bits per heavy atom. The summed E-state index contributed by atoms with van der Waals surface area (Å²) < 4.78 is 31.0. The molecule has 1 aliphatic heterocycles. The molecule has 3 N–H and O–H groups in total. The molecule has 14 nitrogen and oxygen atoms in total. The van der Waals surface area contributed by atoms with Crippen molar-refractivity contribution in [2.75, 3.05) is 39.4 Å². The quantitative estimate of drug-likeness (QED) is 0.0231. The van der Waals surface area contributed by atoms with Gasteiger partial charge < -0.3 is 39.2 Å². The lowest BCUT2D eigenvalue weighted by atomic mass is 9.80. The molecule has 0 aliphatic carbocycles. The fraction of sp³-hybridized carbons (Fsp3) is 0.508. The number of hydrogen-bond acceptors (Lipinski definition) is 12. The van der Waals surface area contributed by atoms with Gasteiger partial charge in [0.05, 0.1) is 52.4 Å². The molecule has 3 unspecified atom stereocenters. The number of unbranched alkanes of at least 4 members (excludes halogenated alkanes) is 13. The van der Waals surface area contributed by atoms with Crippen LogP contribution in [0, 0.1) is 11.3 Å². The third-order valence-corrected chi connectivity index (χ3v) is 13.4. The maximum absolute atomic E-state index is 12.8. The van der Waals surface area contributed by atoms with Crippen molar-refractivity contribution >= 4 is 32.4 Å². The maximum atomic E-state index is 12.8. The van der Waals surface area contributed by atoms with Crippen LogP contribution in [0.15, 0.2) is 122 Å². The highest BCUT2D eigenvalue weighted by Crippen LogP contribution is 2.43. The number of imidazole rings is 1. The summed E-state index contributed by atoms with van der Waals surface area (Å²) in [5.41, 5.74) is 3.55. The molecule has 1 saturated heterocycles. The number of carbonyl (C=O) groups is 1. The molecule has 3 heterocycles. The van der Waals surface area contributed by atoms with Gasteiger partial charge in [-0.1, -0.05) is 191 Å². The molecular formula is C63H90N7O7P. The van der Waals surface area contributed by atoms with Crippen LogP contribution in [0.1, 0.15) is 177 Å². The zero-order valence-corrected chi connectivity index (χ0v) is 48.9. The van der Waals surface area contributed by atoms with Crippen molar-refractivity contribution in [3.8, 4) is 17.6 Å². The summed E-state index contributed by atoms with van der Waals surface area (Å²) in [5, 5.41) is 22.7. The molecule has 0 spiro atoms. The first-order chi connectivity index (χ1) is 38.0. The molecule has 15 heteroatoms. The van der Waals surface area contributed by atoms with Crippen molar-refractivity contribution in [3.63, 3.8) is 0 Å². The Bertz CT molecular complexity index is 2470. The second-order valence-electron chi connectivity index (χ2n) is 20.0. The molecule has 3 atom stereocenters. The Morgan fingerprint density at radius 2 is 1.24 bits per heavy atom. The second-order valence-corrected chi connectivity index (χ2v) is 20.4. The second kappa shape index (κ2) is 37.9. The van der Waals surface area contributed by atoms with E-state index in [0.717, 1.165) is 47.5 Å². The number of carbonyl (C=O) groups excluding carboxylic acids is 1.